The molecule has 128 valence electrons. The number of carbonyl (C=O) groups is 1. The van der Waals surface area contributed by atoms with Crippen LogP contribution in [0, 0.1) is 5.82 Å². The summed E-state index contributed by atoms with van der Waals surface area (Å²) in [4.78, 5) is 16.9. The lowest BCUT2D eigenvalue weighted by atomic mass is 10.1. The third-order valence-corrected chi connectivity index (χ3v) is 4.25. The minimum Gasteiger partial charge on any atom is -0.364 e. The summed E-state index contributed by atoms with van der Waals surface area (Å²) < 4.78 is 21.1. The van der Waals surface area contributed by atoms with E-state index in [2.05, 4.69) is 10.3 Å². The lowest BCUT2D eigenvalue weighted by molar-refractivity contribution is -0.132. The summed E-state index contributed by atoms with van der Waals surface area (Å²) in [5, 5.41) is 2.94. The molecule has 1 saturated heterocycles. The topological polar surface area (TPSA) is 82.2 Å². The van der Waals surface area contributed by atoms with Gasteiger partial charge in [0.1, 0.15) is 23.8 Å². The van der Waals surface area contributed by atoms with Gasteiger partial charge < -0.3 is 20.4 Å². The third kappa shape index (κ3) is 3.47. The number of nitrogens with one attached hydrogen (secondary N) is 1. The minimum atomic E-state index is -0.547. The number of carbonyl (C=O) groups excluding carboxylic acids is 1. The zero-order chi connectivity index (χ0) is 17.1. The van der Waals surface area contributed by atoms with Crippen molar-refractivity contribution in [2.75, 3.05) is 6.54 Å². The van der Waals surface area contributed by atoms with Gasteiger partial charge in [-0.1, -0.05) is 12.1 Å². The summed E-state index contributed by atoms with van der Waals surface area (Å²) >= 11 is 0. The molecule has 0 radical (unpaired) electrons. The number of benzene rings is 1. The van der Waals surface area contributed by atoms with Crippen LogP contribution in [0.5, 0.6) is 0 Å². The number of halogens is 1. The first kappa shape index (κ1) is 16.6. The van der Waals surface area contributed by atoms with Gasteiger partial charge in [0.05, 0.1) is 6.10 Å². The molecule has 3 N–H and O–H groups in total. The highest BCUT2D eigenvalue weighted by molar-refractivity contribution is 5.81. The maximum absolute atomic E-state index is 13.6. The summed E-state index contributed by atoms with van der Waals surface area (Å²) in [5.41, 5.74) is 6.22. The second-order valence-electron chi connectivity index (χ2n) is 5.95. The van der Waals surface area contributed by atoms with Gasteiger partial charge in [0, 0.05) is 26.0 Å². The molecular formula is C17H21FN4O2. The van der Waals surface area contributed by atoms with Crippen LogP contribution in [0.4, 0.5) is 4.39 Å². The number of nitrogens with two attached hydrogens (primary N) is 1. The lowest BCUT2D eigenvalue weighted by Gasteiger charge is -2.21. The standard InChI is InChI=1S/C17H21FN4O2/c1-22-8-7-20-16(22)15(11-3-2-4-12(18)9-11)21-17(23)14-6-5-13(10-19)24-14/h2-4,7-9,13-15H,5-6,10,19H2,1H3,(H,21,23)/t13-,14+,15?/m1/s1. The fourth-order valence-electron chi connectivity index (χ4n) is 2.95. The number of ether oxygens (including phenoxy) is 1. The maximum Gasteiger partial charge on any atom is 0.249 e. The molecule has 1 unspecified atom stereocenters. The largest absolute Gasteiger partial charge is 0.364 e. The molecule has 0 spiro atoms. The fourth-order valence-corrected chi connectivity index (χ4v) is 2.95. The van der Waals surface area contributed by atoms with Crippen molar-refractivity contribution in [1.29, 1.82) is 0 Å². The normalized spacial score (nSPS) is 21.6. The van der Waals surface area contributed by atoms with E-state index in [1.807, 2.05) is 7.05 Å². The summed E-state index contributed by atoms with van der Waals surface area (Å²) in [6.07, 6.45) is 4.21. The Morgan fingerprint density at radius 3 is 3.00 bits per heavy atom. The Kier molecular flexibility index (Phi) is 4.92. The predicted octanol–water partition coefficient (Wildman–Crippen LogP) is 1.27. The van der Waals surface area contributed by atoms with Gasteiger partial charge in [0.2, 0.25) is 5.91 Å². The second kappa shape index (κ2) is 7.11. The average Bonchev–Trinajstić information content (AvgIpc) is 3.21. The van der Waals surface area contributed by atoms with E-state index in [0.717, 1.165) is 6.42 Å². The molecule has 2 heterocycles. The lowest BCUT2D eigenvalue weighted by Crippen LogP contribution is -2.39. The van der Waals surface area contributed by atoms with Crippen LogP contribution in [-0.2, 0) is 16.6 Å². The predicted molar refractivity (Wildman–Crippen MR) is 86.5 cm³/mol. The van der Waals surface area contributed by atoms with E-state index in [0.29, 0.717) is 24.4 Å². The van der Waals surface area contributed by atoms with Gasteiger partial charge in [0.25, 0.3) is 0 Å². The van der Waals surface area contributed by atoms with Crippen LogP contribution in [-0.4, -0.2) is 34.2 Å². The molecule has 1 fully saturated rings. The molecule has 1 aliphatic heterocycles. The van der Waals surface area contributed by atoms with Crippen molar-refractivity contribution in [1.82, 2.24) is 14.9 Å². The molecule has 0 saturated carbocycles. The quantitative estimate of drug-likeness (QED) is 0.864. The highest BCUT2D eigenvalue weighted by Gasteiger charge is 2.32. The van der Waals surface area contributed by atoms with Crippen LogP contribution < -0.4 is 11.1 Å². The van der Waals surface area contributed by atoms with E-state index in [1.54, 1.807) is 29.1 Å². The molecule has 1 amide bonds. The van der Waals surface area contributed by atoms with Crippen LogP contribution in [0.2, 0.25) is 0 Å². The Morgan fingerprint density at radius 1 is 1.54 bits per heavy atom. The first-order valence-corrected chi connectivity index (χ1v) is 7.97. The van der Waals surface area contributed by atoms with Gasteiger partial charge in [0.15, 0.2) is 0 Å². The van der Waals surface area contributed by atoms with Crippen molar-refractivity contribution in [2.45, 2.75) is 31.1 Å². The zero-order valence-corrected chi connectivity index (χ0v) is 13.5. The van der Waals surface area contributed by atoms with Gasteiger partial charge in [-0.3, -0.25) is 4.79 Å². The molecule has 3 atom stereocenters. The number of amides is 1. The molecule has 0 bridgehead atoms. The molecule has 1 aromatic carbocycles. The van der Waals surface area contributed by atoms with Gasteiger partial charge in [-0.05, 0) is 30.5 Å². The Bertz CT molecular complexity index is 718. The molecule has 24 heavy (non-hydrogen) atoms. The molecular weight excluding hydrogens is 311 g/mol. The van der Waals surface area contributed by atoms with E-state index < -0.39 is 12.1 Å². The number of aromatic nitrogens is 2. The summed E-state index contributed by atoms with van der Waals surface area (Å²) in [6, 6.07) is 5.60. The van der Waals surface area contributed by atoms with Gasteiger partial charge >= 0.3 is 0 Å². The molecule has 2 aromatic rings. The third-order valence-electron chi connectivity index (χ3n) is 4.25. The number of nitrogens with zero attached hydrogens (tertiary/aromatic N) is 2. The summed E-state index contributed by atoms with van der Waals surface area (Å²) in [5.74, 6) is 0.0341. The van der Waals surface area contributed by atoms with Crippen molar-refractivity contribution in [3.05, 3.63) is 53.9 Å². The van der Waals surface area contributed by atoms with Crippen LogP contribution in [0.1, 0.15) is 30.3 Å². The number of hydrogen-bond donors (Lipinski definition) is 2. The van der Waals surface area contributed by atoms with Crippen molar-refractivity contribution in [3.63, 3.8) is 0 Å². The smallest absolute Gasteiger partial charge is 0.249 e. The minimum absolute atomic E-state index is 0.0819. The molecule has 1 aliphatic rings. The maximum atomic E-state index is 13.6. The van der Waals surface area contributed by atoms with Crippen molar-refractivity contribution in [3.8, 4) is 0 Å². The second-order valence-corrected chi connectivity index (χ2v) is 5.95. The van der Waals surface area contributed by atoms with E-state index in [4.69, 9.17) is 10.5 Å². The Hall–Kier alpha value is -2.25. The SMILES string of the molecule is Cn1ccnc1C(NC(=O)[C@@H]1CC[C@H](CN)O1)c1cccc(F)c1. The summed E-state index contributed by atoms with van der Waals surface area (Å²) in [6.45, 7) is 0.399. The van der Waals surface area contributed by atoms with Gasteiger partial charge in [-0.2, -0.15) is 0 Å². The Labute approximate surface area is 139 Å². The van der Waals surface area contributed by atoms with Crippen molar-refractivity contribution < 1.29 is 13.9 Å². The number of imidazole rings is 1. The molecule has 1 aromatic heterocycles. The monoisotopic (exact) mass is 332 g/mol. The number of rotatable bonds is 5. The van der Waals surface area contributed by atoms with Gasteiger partial charge in [-0.15, -0.1) is 0 Å². The number of aryl methyl sites for hydroxylation is 1. The van der Waals surface area contributed by atoms with Crippen LogP contribution >= 0.6 is 0 Å². The van der Waals surface area contributed by atoms with E-state index in [9.17, 15) is 9.18 Å². The van der Waals surface area contributed by atoms with Crippen molar-refractivity contribution >= 4 is 5.91 Å². The highest BCUT2D eigenvalue weighted by atomic mass is 19.1. The van der Waals surface area contributed by atoms with E-state index in [-0.39, 0.29) is 17.8 Å². The highest BCUT2D eigenvalue weighted by Crippen LogP contribution is 2.24. The van der Waals surface area contributed by atoms with E-state index >= 15 is 0 Å². The van der Waals surface area contributed by atoms with Crippen LogP contribution in [0.3, 0.4) is 0 Å². The van der Waals surface area contributed by atoms with Crippen LogP contribution in [0.25, 0.3) is 0 Å². The first-order valence-electron chi connectivity index (χ1n) is 7.97. The molecule has 7 heteroatoms. The zero-order valence-electron chi connectivity index (χ0n) is 13.5. The van der Waals surface area contributed by atoms with Gasteiger partial charge in [-0.25, -0.2) is 9.37 Å². The Morgan fingerprint density at radius 2 is 2.38 bits per heavy atom. The Balaban J connectivity index is 1.83. The van der Waals surface area contributed by atoms with E-state index in [1.165, 1.54) is 12.1 Å². The summed E-state index contributed by atoms with van der Waals surface area (Å²) in [7, 11) is 1.83. The van der Waals surface area contributed by atoms with Crippen molar-refractivity contribution in [2.24, 2.45) is 12.8 Å². The fraction of sp³-hybridized carbons (Fsp3) is 0.412. The van der Waals surface area contributed by atoms with Crippen LogP contribution in [0.15, 0.2) is 36.7 Å². The number of hydrogen-bond acceptors (Lipinski definition) is 4. The molecule has 3 rings (SSSR count). The molecule has 0 aliphatic carbocycles. The molecule has 6 nitrogen and oxygen atoms in total. The average molecular weight is 332 g/mol. The first-order chi connectivity index (χ1) is 11.6.